The first kappa shape index (κ1) is 9.85. The molecule has 11 heavy (non-hydrogen) atoms. The maximum Gasteiger partial charge on any atom is 0.0472 e. The van der Waals surface area contributed by atoms with Gasteiger partial charge in [-0.15, -0.1) is 0 Å². The van der Waals surface area contributed by atoms with E-state index in [1.807, 2.05) is 6.07 Å². The quantitative estimate of drug-likeness (QED) is 0.661. The van der Waals surface area contributed by atoms with E-state index in [0.717, 1.165) is 15.4 Å². The number of rotatable bonds is 1. The first-order valence-corrected chi connectivity index (χ1v) is 5.51. The van der Waals surface area contributed by atoms with Crippen molar-refractivity contribution in [3.8, 4) is 0 Å². The Morgan fingerprint density at radius 2 is 1.91 bits per heavy atom. The van der Waals surface area contributed by atoms with Crippen LogP contribution in [-0.2, 0) is 5.33 Å². The number of hydrogen-bond acceptors (Lipinski definition) is 0. The lowest BCUT2D eigenvalue weighted by molar-refractivity contribution is 1.40. The average Bonchev–Trinajstić information content (AvgIpc) is 1.85. The van der Waals surface area contributed by atoms with Crippen LogP contribution in [0, 0.1) is 0 Å². The van der Waals surface area contributed by atoms with Crippen molar-refractivity contribution in [2.45, 2.75) is 5.33 Å². The van der Waals surface area contributed by atoms with Crippen LogP contribution in [-0.4, -0.2) is 0 Å². The van der Waals surface area contributed by atoms with Crippen molar-refractivity contribution in [1.29, 1.82) is 0 Å². The van der Waals surface area contributed by atoms with Crippen molar-refractivity contribution >= 4 is 55.1 Å². The normalized spacial score (nSPS) is 10.2. The molecular formula is C7H4Br2Cl2. The summed E-state index contributed by atoms with van der Waals surface area (Å²) in [7, 11) is 0. The highest BCUT2D eigenvalue weighted by molar-refractivity contribution is 9.10. The summed E-state index contributed by atoms with van der Waals surface area (Å²) in [4.78, 5) is 0. The zero-order valence-electron chi connectivity index (χ0n) is 5.37. The first-order valence-electron chi connectivity index (χ1n) is 2.84. The van der Waals surface area contributed by atoms with Crippen LogP contribution < -0.4 is 0 Å². The molecule has 0 spiro atoms. The van der Waals surface area contributed by atoms with Gasteiger partial charge in [-0.1, -0.05) is 55.1 Å². The highest BCUT2D eigenvalue weighted by atomic mass is 79.9. The molecule has 0 amide bonds. The molecule has 0 radical (unpaired) electrons. The Bertz CT molecular complexity index is 250. The summed E-state index contributed by atoms with van der Waals surface area (Å²) < 4.78 is 0.937. The lowest BCUT2D eigenvalue weighted by Gasteiger charge is -2.03. The van der Waals surface area contributed by atoms with Crippen molar-refractivity contribution in [1.82, 2.24) is 0 Å². The summed E-state index contributed by atoms with van der Waals surface area (Å²) in [6, 6.07) is 3.55. The number of hydrogen-bond donors (Lipinski definition) is 0. The molecule has 0 fully saturated rings. The minimum Gasteiger partial charge on any atom is -0.0875 e. The summed E-state index contributed by atoms with van der Waals surface area (Å²) in [5.41, 5.74) is 1.02. The number of alkyl halides is 1. The lowest BCUT2D eigenvalue weighted by Crippen LogP contribution is -1.82. The molecule has 0 saturated heterocycles. The maximum absolute atomic E-state index is 5.89. The molecule has 0 unspecified atom stereocenters. The summed E-state index contributed by atoms with van der Waals surface area (Å²) >= 11 is 18.3. The topological polar surface area (TPSA) is 0 Å². The van der Waals surface area contributed by atoms with E-state index < -0.39 is 0 Å². The first-order chi connectivity index (χ1) is 5.15. The average molecular weight is 319 g/mol. The SMILES string of the molecule is Clc1cc(Cl)c(CBr)c(Br)c1. The molecule has 1 rings (SSSR count). The minimum absolute atomic E-state index is 0.645. The maximum atomic E-state index is 5.89. The van der Waals surface area contributed by atoms with Crippen LogP contribution in [0.3, 0.4) is 0 Å². The monoisotopic (exact) mass is 316 g/mol. The van der Waals surface area contributed by atoms with E-state index >= 15 is 0 Å². The third-order valence-electron chi connectivity index (χ3n) is 1.24. The van der Waals surface area contributed by atoms with Gasteiger partial charge in [-0.25, -0.2) is 0 Å². The van der Waals surface area contributed by atoms with Gasteiger partial charge in [0, 0.05) is 19.8 Å². The van der Waals surface area contributed by atoms with Crippen LogP contribution in [0.2, 0.25) is 10.0 Å². The second kappa shape index (κ2) is 4.13. The van der Waals surface area contributed by atoms with Gasteiger partial charge < -0.3 is 0 Å². The Kier molecular flexibility index (Phi) is 3.69. The largest absolute Gasteiger partial charge is 0.0875 e. The van der Waals surface area contributed by atoms with Crippen LogP contribution in [0.5, 0.6) is 0 Å². The minimum atomic E-state index is 0.645. The van der Waals surface area contributed by atoms with Gasteiger partial charge in [0.05, 0.1) is 0 Å². The molecule has 1 aromatic carbocycles. The van der Waals surface area contributed by atoms with E-state index in [1.165, 1.54) is 0 Å². The molecule has 0 aromatic heterocycles. The lowest BCUT2D eigenvalue weighted by atomic mass is 10.2. The van der Waals surface area contributed by atoms with E-state index in [-0.39, 0.29) is 0 Å². The second-order valence-corrected chi connectivity index (χ2v) is 4.24. The molecule has 0 saturated carbocycles. The highest BCUT2D eigenvalue weighted by Crippen LogP contribution is 2.30. The third-order valence-corrected chi connectivity index (χ3v) is 3.06. The number of benzene rings is 1. The summed E-state index contributed by atoms with van der Waals surface area (Å²) in [6.07, 6.45) is 0. The van der Waals surface area contributed by atoms with Gasteiger partial charge in [-0.2, -0.15) is 0 Å². The molecule has 0 bridgehead atoms. The van der Waals surface area contributed by atoms with E-state index in [1.54, 1.807) is 6.07 Å². The van der Waals surface area contributed by atoms with Crippen LogP contribution in [0.4, 0.5) is 0 Å². The predicted molar refractivity (Wildman–Crippen MR) is 56.8 cm³/mol. The fourth-order valence-electron chi connectivity index (χ4n) is 0.700. The van der Waals surface area contributed by atoms with Crippen molar-refractivity contribution in [3.63, 3.8) is 0 Å². The number of halogens is 4. The smallest absolute Gasteiger partial charge is 0.0472 e. The van der Waals surface area contributed by atoms with Crippen LogP contribution in [0.1, 0.15) is 5.56 Å². The Balaban J connectivity index is 3.25. The van der Waals surface area contributed by atoms with Gasteiger partial charge in [0.1, 0.15) is 0 Å². The van der Waals surface area contributed by atoms with Gasteiger partial charge >= 0.3 is 0 Å². The Morgan fingerprint density at radius 3 is 2.36 bits per heavy atom. The zero-order chi connectivity index (χ0) is 8.43. The standard InChI is InChI=1S/C7H4Br2Cl2/c8-3-5-6(9)1-4(10)2-7(5)11/h1-2H,3H2. The van der Waals surface area contributed by atoms with Crippen LogP contribution >= 0.6 is 55.1 Å². The Labute approximate surface area is 92.1 Å². The Morgan fingerprint density at radius 1 is 1.27 bits per heavy atom. The molecule has 0 aliphatic heterocycles. The van der Waals surface area contributed by atoms with Gasteiger partial charge in [-0.05, 0) is 17.7 Å². The molecule has 0 aliphatic rings. The van der Waals surface area contributed by atoms with E-state index in [2.05, 4.69) is 31.9 Å². The van der Waals surface area contributed by atoms with Crippen molar-refractivity contribution in [2.75, 3.05) is 0 Å². The zero-order valence-corrected chi connectivity index (χ0v) is 10.1. The summed E-state index contributed by atoms with van der Waals surface area (Å²) in [5, 5.41) is 2.05. The van der Waals surface area contributed by atoms with Crippen molar-refractivity contribution in [3.05, 3.63) is 32.2 Å². The molecule has 60 valence electrons. The molecule has 0 heterocycles. The van der Waals surface area contributed by atoms with Gasteiger partial charge in [0.2, 0.25) is 0 Å². The summed E-state index contributed by atoms with van der Waals surface area (Å²) in [5.74, 6) is 0. The fourth-order valence-corrected chi connectivity index (χ4v) is 3.25. The fraction of sp³-hybridized carbons (Fsp3) is 0.143. The van der Waals surface area contributed by atoms with Crippen LogP contribution in [0.15, 0.2) is 16.6 Å². The van der Waals surface area contributed by atoms with Gasteiger partial charge in [0.25, 0.3) is 0 Å². The van der Waals surface area contributed by atoms with Crippen molar-refractivity contribution in [2.24, 2.45) is 0 Å². The van der Waals surface area contributed by atoms with E-state index in [9.17, 15) is 0 Å². The highest BCUT2D eigenvalue weighted by Gasteiger charge is 2.04. The van der Waals surface area contributed by atoms with Crippen molar-refractivity contribution < 1.29 is 0 Å². The van der Waals surface area contributed by atoms with E-state index in [0.29, 0.717) is 10.0 Å². The molecular weight excluding hydrogens is 315 g/mol. The Hall–Kier alpha value is 0.760. The summed E-state index contributed by atoms with van der Waals surface area (Å²) in [6.45, 7) is 0. The second-order valence-electron chi connectivity index (χ2n) is 1.98. The molecule has 0 atom stereocenters. The molecule has 0 N–H and O–H groups in total. The van der Waals surface area contributed by atoms with Gasteiger partial charge in [0.15, 0.2) is 0 Å². The molecule has 0 aliphatic carbocycles. The van der Waals surface area contributed by atoms with Crippen LogP contribution in [0.25, 0.3) is 0 Å². The predicted octanol–water partition coefficient (Wildman–Crippen LogP) is 4.65. The third kappa shape index (κ3) is 2.35. The molecule has 4 heteroatoms. The molecule has 0 nitrogen and oxygen atoms in total. The van der Waals surface area contributed by atoms with E-state index in [4.69, 9.17) is 23.2 Å². The van der Waals surface area contributed by atoms with Gasteiger partial charge in [-0.3, -0.25) is 0 Å². The molecule has 1 aromatic rings.